The predicted octanol–water partition coefficient (Wildman–Crippen LogP) is 12.9. The fourth-order valence-electron chi connectivity index (χ4n) is 11.0. The van der Waals surface area contributed by atoms with E-state index in [-0.39, 0.29) is 11.5 Å². The summed E-state index contributed by atoms with van der Waals surface area (Å²) in [4.78, 5) is 12.8. The minimum atomic E-state index is -0.546. The summed E-state index contributed by atoms with van der Waals surface area (Å²) >= 11 is 0. The molecule has 0 N–H and O–H groups in total. The van der Waals surface area contributed by atoms with Crippen molar-refractivity contribution in [3.8, 4) is 5.75 Å². The van der Waals surface area contributed by atoms with Gasteiger partial charge < -0.3 is 9.47 Å². The maximum Gasteiger partial charge on any atom is 0.514 e. The lowest BCUT2D eigenvalue weighted by Crippen LogP contribution is -2.51. The summed E-state index contributed by atoms with van der Waals surface area (Å²) in [5, 5.41) is 0. The summed E-state index contributed by atoms with van der Waals surface area (Å²) in [5.74, 6) is 5.67. The fraction of sp³-hybridized carbons (Fsp3) is 0.791. The summed E-state index contributed by atoms with van der Waals surface area (Å²) in [5.41, 5.74) is 3.67. The van der Waals surface area contributed by atoms with E-state index in [1.54, 1.807) is 5.57 Å². The van der Waals surface area contributed by atoms with Crippen LogP contribution in [0.1, 0.15) is 163 Å². The quantitative estimate of drug-likeness (QED) is 0.0835. The number of unbranched alkanes of at least 4 members (excludes halogenated alkanes) is 6. The van der Waals surface area contributed by atoms with E-state index >= 15 is 0 Å². The second-order valence-corrected chi connectivity index (χ2v) is 17.1. The normalized spacial score (nSPS) is 32.7. The van der Waals surface area contributed by atoms with Gasteiger partial charge in [0.15, 0.2) is 0 Å². The number of aryl methyl sites for hydroxylation is 1. The molecule has 0 aliphatic heterocycles. The van der Waals surface area contributed by atoms with Gasteiger partial charge in [0.05, 0.1) is 0 Å². The summed E-state index contributed by atoms with van der Waals surface area (Å²) in [6.07, 6.45) is 26.4. The highest BCUT2D eigenvalue weighted by molar-refractivity contribution is 5.64. The Morgan fingerprint density at radius 3 is 2.33 bits per heavy atom. The molecule has 3 heteroatoms. The van der Waals surface area contributed by atoms with E-state index in [9.17, 15) is 4.79 Å². The second-order valence-electron chi connectivity index (χ2n) is 17.1. The Kier molecular flexibility index (Phi) is 12.4. The van der Waals surface area contributed by atoms with Crippen molar-refractivity contribution in [1.29, 1.82) is 0 Å². The Morgan fingerprint density at radius 2 is 1.59 bits per heavy atom. The Labute approximate surface area is 283 Å². The highest BCUT2D eigenvalue weighted by Crippen LogP contribution is 2.67. The molecular formula is C43H68O3. The minimum Gasteiger partial charge on any atom is -0.430 e. The maximum absolute atomic E-state index is 12.8. The molecule has 0 aromatic heterocycles. The summed E-state index contributed by atoms with van der Waals surface area (Å²) < 4.78 is 11.6. The summed E-state index contributed by atoms with van der Waals surface area (Å²) in [6.45, 7) is 14.8. The molecule has 1 unspecified atom stereocenters. The molecular weight excluding hydrogens is 564 g/mol. The lowest BCUT2D eigenvalue weighted by atomic mass is 9.47. The monoisotopic (exact) mass is 633 g/mol. The molecule has 0 spiro atoms. The highest BCUT2D eigenvalue weighted by atomic mass is 16.7. The topological polar surface area (TPSA) is 35.5 Å². The Balaban J connectivity index is 1.09. The zero-order chi connectivity index (χ0) is 32.7. The highest BCUT2D eigenvalue weighted by Gasteiger charge is 2.59. The average molecular weight is 633 g/mol. The number of fused-ring (bicyclic) bond motifs is 5. The van der Waals surface area contributed by atoms with Crippen molar-refractivity contribution < 1.29 is 14.3 Å². The lowest BCUT2D eigenvalue weighted by molar-refractivity contribution is -0.0597. The number of carbonyl (C=O) groups is 1. The van der Waals surface area contributed by atoms with Crippen molar-refractivity contribution >= 4 is 6.16 Å². The van der Waals surface area contributed by atoms with Gasteiger partial charge in [0, 0.05) is 6.42 Å². The van der Waals surface area contributed by atoms with Crippen LogP contribution in [0.25, 0.3) is 0 Å². The van der Waals surface area contributed by atoms with Crippen molar-refractivity contribution in [2.75, 3.05) is 0 Å². The third kappa shape index (κ3) is 8.26. The molecule has 0 heterocycles. The molecule has 3 saturated carbocycles. The molecule has 8 atom stereocenters. The lowest BCUT2D eigenvalue weighted by Gasteiger charge is -2.58. The van der Waals surface area contributed by atoms with Crippen molar-refractivity contribution in [3.63, 3.8) is 0 Å². The molecule has 3 nitrogen and oxygen atoms in total. The number of carbonyl (C=O) groups excluding carboxylic acids is 1. The molecule has 3 fully saturated rings. The van der Waals surface area contributed by atoms with Gasteiger partial charge in [0.25, 0.3) is 0 Å². The van der Waals surface area contributed by atoms with Crippen LogP contribution in [0.15, 0.2) is 35.9 Å². The molecule has 5 rings (SSSR count). The summed E-state index contributed by atoms with van der Waals surface area (Å²) in [7, 11) is 0. The molecule has 46 heavy (non-hydrogen) atoms. The van der Waals surface area contributed by atoms with Crippen LogP contribution in [-0.4, -0.2) is 12.3 Å². The molecule has 0 saturated heterocycles. The molecule has 0 bridgehead atoms. The number of rotatable bonds is 15. The zero-order valence-corrected chi connectivity index (χ0v) is 30.6. The minimum absolute atomic E-state index is 0.0728. The third-order valence-electron chi connectivity index (χ3n) is 13.7. The van der Waals surface area contributed by atoms with E-state index in [0.717, 1.165) is 61.2 Å². The van der Waals surface area contributed by atoms with Crippen LogP contribution < -0.4 is 4.74 Å². The largest absolute Gasteiger partial charge is 0.514 e. The van der Waals surface area contributed by atoms with Gasteiger partial charge in [-0.2, -0.15) is 0 Å². The predicted molar refractivity (Wildman–Crippen MR) is 192 cm³/mol. The molecule has 4 aliphatic carbocycles. The number of ether oxygens (including phenoxy) is 2. The number of benzene rings is 1. The van der Waals surface area contributed by atoms with E-state index in [1.165, 1.54) is 102 Å². The number of hydrogen-bond donors (Lipinski definition) is 0. The standard InChI is InChI=1S/C43H68O3/c1-7-8-9-10-11-12-13-17-33-18-21-35(22-19-33)45-41(44)46-36-26-28-42(5)34(30-36)20-23-37-39-25-24-38(32(4)16-14-15-31(2)3)43(39,6)29-27-40(37)42/h18-22,31-32,36-40H,7-17,23-30H2,1-6H3/t32?,36-,37-,38+,39-,40-,42-,43+/m0/s1. The van der Waals surface area contributed by atoms with Crippen molar-refractivity contribution in [1.82, 2.24) is 0 Å². The molecule has 0 radical (unpaired) electrons. The van der Waals surface area contributed by atoms with E-state index in [0.29, 0.717) is 11.2 Å². The first kappa shape index (κ1) is 35.5. The van der Waals surface area contributed by atoms with Crippen molar-refractivity contribution in [2.45, 2.75) is 170 Å². The molecule has 0 amide bonds. The Hall–Kier alpha value is -1.77. The number of allylic oxidation sites excluding steroid dienone is 1. The smallest absolute Gasteiger partial charge is 0.430 e. The SMILES string of the molecule is CCCCCCCCCc1ccc(OC(=O)O[C@H]2CC[C@@]3(C)C(=CC[C@H]4[C@@H]5CC[C@H](C(C)CCCC(C)C)[C@@]5(C)CC[C@@H]43)C2)cc1. The van der Waals surface area contributed by atoms with E-state index < -0.39 is 6.16 Å². The molecule has 1 aromatic carbocycles. The first-order valence-corrected chi connectivity index (χ1v) is 19.8. The average Bonchev–Trinajstić information content (AvgIpc) is 3.38. The summed E-state index contributed by atoms with van der Waals surface area (Å²) in [6, 6.07) is 8.06. The van der Waals surface area contributed by atoms with Crippen LogP contribution in [0, 0.1) is 46.3 Å². The van der Waals surface area contributed by atoms with Crippen molar-refractivity contribution in [2.24, 2.45) is 46.3 Å². The van der Waals surface area contributed by atoms with Gasteiger partial charge in [-0.25, -0.2) is 4.79 Å². The first-order valence-electron chi connectivity index (χ1n) is 19.8. The van der Waals surface area contributed by atoms with Crippen LogP contribution in [0.3, 0.4) is 0 Å². The first-order chi connectivity index (χ1) is 22.1. The van der Waals surface area contributed by atoms with Gasteiger partial charge >= 0.3 is 6.16 Å². The Bertz CT molecular complexity index is 1140. The Morgan fingerprint density at radius 1 is 0.848 bits per heavy atom. The molecule has 1 aromatic rings. The van der Waals surface area contributed by atoms with E-state index in [2.05, 4.69) is 59.8 Å². The maximum atomic E-state index is 12.8. The van der Waals surface area contributed by atoms with Gasteiger partial charge in [-0.05, 0) is 122 Å². The van der Waals surface area contributed by atoms with Crippen molar-refractivity contribution in [3.05, 3.63) is 41.5 Å². The molecule has 258 valence electrons. The van der Waals surface area contributed by atoms with Crippen LogP contribution in [0.4, 0.5) is 4.79 Å². The second kappa shape index (κ2) is 16.1. The molecule has 4 aliphatic rings. The fourth-order valence-corrected chi connectivity index (χ4v) is 11.0. The van der Waals surface area contributed by atoms with Crippen LogP contribution in [0.2, 0.25) is 0 Å². The van der Waals surface area contributed by atoms with E-state index in [4.69, 9.17) is 9.47 Å². The zero-order valence-electron chi connectivity index (χ0n) is 30.6. The van der Waals surface area contributed by atoms with Gasteiger partial charge in [-0.15, -0.1) is 0 Å². The van der Waals surface area contributed by atoms with Crippen LogP contribution in [-0.2, 0) is 11.2 Å². The van der Waals surface area contributed by atoms with E-state index in [1.807, 2.05) is 12.1 Å². The van der Waals surface area contributed by atoms with Crippen LogP contribution >= 0.6 is 0 Å². The van der Waals surface area contributed by atoms with Gasteiger partial charge in [-0.3, -0.25) is 0 Å². The van der Waals surface area contributed by atoms with Gasteiger partial charge in [-0.1, -0.05) is 123 Å². The third-order valence-corrected chi connectivity index (χ3v) is 13.7. The van der Waals surface area contributed by atoms with Crippen LogP contribution in [0.5, 0.6) is 5.75 Å². The van der Waals surface area contributed by atoms with Gasteiger partial charge in [0.1, 0.15) is 11.9 Å². The van der Waals surface area contributed by atoms with Gasteiger partial charge in [0.2, 0.25) is 0 Å². The number of hydrogen-bond acceptors (Lipinski definition) is 3.